The summed E-state index contributed by atoms with van der Waals surface area (Å²) in [5, 5.41) is 93.5. The summed E-state index contributed by atoms with van der Waals surface area (Å²) in [4.78, 5) is 0. The first-order chi connectivity index (χ1) is 16.9. The molecule has 34 nitrogen and oxygen atoms in total. The maximum Gasteiger partial charge on any atom is 0 e. The van der Waals surface area contributed by atoms with E-state index in [1.807, 2.05) is 0 Å². The van der Waals surface area contributed by atoms with Crippen molar-refractivity contribution in [2.45, 2.75) is 0 Å². The molecule has 34 heteroatoms. The van der Waals surface area contributed by atoms with Gasteiger partial charge in [-0.05, 0) is 83.6 Å². The molecule has 2 N–H and O–H groups in total. The Morgan fingerprint density at radius 1 is 0.147 bits per heavy atom. The summed E-state index contributed by atoms with van der Waals surface area (Å²) in [6.45, 7) is 0. The van der Waals surface area contributed by atoms with Gasteiger partial charge in [0.05, 0.1) is 0 Å². The van der Waals surface area contributed by atoms with Gasteiger partial charge >= 0.3 is 0 Å². The van der Waals surface area contributed by atoms with Crippen LogP contribution in [0.4, 0.5) is 0 Å². The molecule has 0 atom stereocenters. The van der Waals surface area contributed by atoms with Gasteiger partial charge in [0.1, 0.15) is 0 Å². The van der Waals surface area contributed by atoms with E-state index in [0.717, 1.165) is 0 Å². The molecule has 0 aliphatic rings. The predicted octanol–water partition coefficient (Wildman–Crippen LogP) is 6.47. The number of nitrogens with one attached hydrogen (secondary N) is 2. The van der Waals surface area contributed by atoms with Gasteiger partial charge in [-0.25, -0.2) is 0 Å². The fourth-order valence-electron chi connectivity index (χ4n) is 0.541. The predicted molar refractivity (Wildman–Crippen MR) is 83.1 cm³/mol. The van der Waals surface area contributed by atoms with E-state index in [0.29, 0.717) is 0 Å². The molecule has 0 saturated carbocycles. The standard InChI is InChI=1S/H2N34/c1-3-5-7-9-11-13-15-17-19-21-23-25-27-29-31-33-34-32-30-28-26-24-22-20-18-16-14-12-10-8-6-4-2/h1-2H/b3-1?,4-2?,7-5+,8-6+,11-9+,12-10+,15-13+,16-14+,19-17+,20-18+,23-21+,24-22+,27-25+,28-26+,31-29+,32-30+,34-33+. The molecule has 0 aliphatic heterocycles. The topological polar surface area (TPSA) is 443 Å². The monoisotopic (exact) mass is 478 g/mol. The highest BCUT2D eigenvalue weighted by molar-refractivity contribution is 4.15. The lowest BCUT2D eigenvalue weighted by Crippen LogP contribution is -1.52. The number of nitrogens with zero attached hydrogens (tertiary/aromatic N) is 32. The lowest BCUT2D eigenvalue weighted by atomic mass is 12.3. The third-order valence-corrected chi connectivity index (χ3v) is 1.25. The fraction of sp³-hybridized carbons (Fsp3) is 0. The zero-order chi connectivity index (χ0) is 24.6. The lowest BCUT2D eigenvalue weighted by Gasteiger charge is -1.70. The second kappa shape index (κ2) is 26.2. The molecule has 0 fully saturated rings. The van der Waals surface area contributed by atoms with Gasteiger partial charge in [0, 0.05) is 83.6 Å². The Morgan fingerprint density at radius 3 is 0.324 bits per heavy atom. The van der Waals surface area contributed by atoms with Crippen molar-refractivity contribution < 1.29 is 0 Å². The van der Waals surface area contributed by atoms with E-state index >= 15 is 0 Å². The summed E-state index contributed by atoms with van der Waals surface area (Å²) < 4.78 is 0. The average molecular weight is 478 g/mol. The van der Waals surface area contributed by atoms with E-state index in [1.54, 1.807) is 0 Å². The van der Waals surface area contributed by atoms with Crippen LogP contribution >= 0.6 is 0 Å². The Labute approximate surface area is 179 Å². The summed E-state index contributed by atoms with van der Waals surface area (Å²) in [5.41, 5.74) is 12.5. The molecular weight excluding hydrogens is 476 g/mol. The van der Waals surface area contributed by atoms with Crippen molar-refractivity contribution in [3.05, 3.63) is 0 Å². The highest BCUT2D eigenvalue weighted by Gasteiger charge is 1.73. The molecule has 0 aromatic rings. The second-order valence-electron chi connectivity index (χ2n) is 2.88. The van der Waals surface area contributed by atoms with E-state index in [1.165, 1.54) is 0 Å². The van der Waals surface area contributed by atoms with Crippen LogP contribution in [0.2, 0.25) is 0 Å². The van der Waals surface area contributed by atoms with Crippen LogP contribution in [0.3, 0.4) is 0 Å². The summed E-state index contributed by atoms with van der Waals surface area (Å²) in [6, 6.07) is 0. The maximum absolute atomic E-state index is 6.23. The molecule has 0 radical (unpaired) electrons. The normalized spacial score (nSPS) is 14.7. The lowest BCUT2D eigenvalue weighted by molar-refractivity contribution is 0.727. The SMILES string of the molecule is N=N/N=N/N=N/N=N/N=N/N=N/N=N/N=N/N=N/N=N/N=N/N=N/N=N/N=N/N=N/N=N/N=N. The van der Waals surface area contributed by atoms with E-state index in [2.05, 4.69) is 167 Å². The molecule has 0 rings (SSSR count). The van der Waals surface area contributed by atoms with E-state index in [9.17, 15) is 0 Å². The van der Waals surface area contributed by atoms with Gasteiger partial charge in [-0.15, -0.1) is 0 Å². The highest BCUT2D eigenvalue weighted by atomic mass is 15.7. The zero-order valence-electron chi connectivity index (χ0n) is 15.3. The van der Waals surface area contributed by atoms with Gasteiger partial charge in [-0.2, -0.15) is 11.1 Å². The van der Waals surface area contributed by atoms with Gasteiger partial charge in [-0.1, -0.05) is 0 Å². The third kappa shape index (κ3) is 25.2. The molecule has 0 heterocycles. The molecule has 0 aliphatic carbocycles. The van der Waals surface area contributed by atoms with Gasteiger partial charge in [0.15, 0.2) is 0 Å². The minimum Gasteiger partial charge on any atom is -0.183 e. The van der Waals surface area contributed by atoms with Crippen LogP contribution in [0.15, 0.2) is 167 Å². The van der Waals surface area contributed by atoms with E-state index in [4.69, 9.17) is 11.1 Å². The quantitative estimate of drug-likeness (QED) is 0.178. The molecular formula is H2N34. The first-order valence-electron chi connectivity index (χ1n) is 6.65. The number of hydrogen-bond donors (Lipinski definition) is 2. The van der Waals surface area contributed by atoms with Crippen molar-refractivity contribution in [3.63, 3.8) is 0 Å². The smallest absolute Gasteiger partial charge is 0 e. The van der Waals surface area contributed by atoms with Gasteiger partial charge in [0.25, 0.3) is 0 Å². The number of rotatable bonds is 16. The molecule has 0 saturated heterocycles. The first-order valence-corrected chi connectivity index (χ1v) is 6.65. The van der Waals surface area contributed by atoms with Crippen LogP contribution in [-0.4, -0.2) is 0 Å². The molecule has 34 heavy (non-hydrogen) atoms. The molecule has 0 unspecified atom stereocenters. The Hall–Kier alpha value is -6.80. The van der Waals surface area contributed by atoms with Crippen LogP contribution < -0.4 is 0 Å². The van der Waals surface area contributed by atoms with Gasteiger partial charge in [0.2, 0.25) is 0 Å². The second-order valence-corrected chi connectivity index (χ2v) is 2.88. The van der Waals surface area contributed by atoms with Crippen molar-refractivity contribution in [3.8, 4) is 0 Å². The van der Waals surface area contributed by atoms with Crippen LogP contribution in [0.25, 0.3) is 0 Å². The minimum absolute atomic E-state index is 2.50. The van der Waals surface area contributed by atoms with E-state index in [-0.39, 0.29) is 0 Å². The number of hydrogen-bond acceptors (Lipinski definition) is 2. The Kier molecular flexibility index (Phi) is 21.0. The van der Waals surface area contributed by atoms with Crippen molar-refractivity contribution in [1.29, 1.82) is 11.1 Å². The van der Waals surface area contributed by atoms with E-state index < -0.39 is 0 Å². The Bertz CT molecular complexity index is 883. The largest absolute Gasteiger partial charge is 0.183 e. The molecule has 0 spiro atoms. The average Bonchev–Trinajstić information content (AvgIpc) is 2.85. The molecule has 0 bridgehead atoms. The van der Waals surface area contributed by atoms with Gasteiger partial charge in [-0.3, -0.25) is 0 Å². The first kappa shape index (κ1) is 27.2. The maximum atomic E-state index is 6.23. The summed E-state index contributed by atoms with van der Waals surface area (Å²) in [5.74, 6) is 0. The zero-order valence-corrected chi connectivity index (χ0v) is 15.3. The van der Waals surface area contributed by atoms with Crippen molar-refractivity contribution in [1.82, 2.24) is 0 Å². The molecule has 0 aromatic carbocycles. The van der Waals surface area contributed by atoms with Crippen LogP contribution in [0, 0.1) is 11.1 Å². The summed E-state index contributed by atoms with van der Waals surface area (Å²) in [6.07, 6.45) is 0. The fourth-order valence-corrected chi connectivity index (χ4v) is 0.541. The molecule has 172 valence electrons. The van der Waals surface area contributed by atoms with Crippen LogP contribution in [0.1, 0.15) is 0 Å². The van der Waals surface area contributed by atoms with Crippen LogP contribution in [-0.2, 0) is 0 Å². The molecule has 0 amide bonds. The summed E-state index contributed by atoms with van der Waals surface area (Å²) in [7, 11) is 0. The van der Waals surface area contributed by atoms with Crippen molar-refractivity contribution >= 4 is 0 Å². The Morgan fingerprint density at radius 2 is 0.235 bits per heavy atom. The van der Waals surface area contributed by atoms with Crippen molar-refractivity contribution in [2.24, 2.45) is 167 Å². The third-order valence-electron chi connectivity index (χ3n) is 1.25. The minimum atomic E-state index is 2.50. The Balaban J connectivity index is 3.99. The van der Waals surface area contributed by atoms with Crippen LogP contribution in [0.5, 0.6) is 0 Å². The van der Waals surface area contributed by atoms with Gasteiger partial charge < -0.3 is 0 Å². The highest BCUT2D eigenvalue weighted by Crippen LogP contribution is 1.91. The molecule has 0 aromatic heterocycles. The van der Waals surface area contributed by atoms with Crippen molar-refractivity contribution in [2.75, 3.05) is 0 Å². The summed E-state index contributed by atoms with van der Waals surface area (Å²) >= 11 is 0.